The van der Waals surface area contributed by atoms with Crippen molar-refractivity contribution in [2.24, 2.45) is 0 Å². The number of aromatic nitrogens is 2. The van der Waals surface area contributed by atoms with E-state index in [0.29, 0.717) is 22.9 Å². The lowest BCUT2D eigenvalue weighted by Crippen LogP contribution is -2.39. The molecule has 3 rings (SSSR count). The Morgan fingerprint density at radius 3 is 2.38 bits per heavy atom. The van der Waals surface area contributed by atoms with Gasteiger partial charge in [-0.2, -0.15) is 5.10 Å². The molecule has 1 heterocycles. The third-order valence-corrected chi connectivity index (χ3v) is 5.86. The van der Waals surface area contributed by atoms with Gasteiger partial charge in [-0.25, -0.2) is 4.68 Å². The molecule has 1 N–H and O–H groups in total. The minimum absolute atomic E-state index is 0.109. The summed E-state index contributed by atoms with van der Waals surface area (Å²) in [4.78, 5) is 27.8. The maximum Gasteiger partial charge on any atom is 0.255 e. The zero-order valence-electron chi connectivity index (χ0n) is 19.9. The van der Waals surface area contributed by atoms with E-state index in [-0.39, 0.29) is 28.8 Å². The lowest BCUT2D eigenvalue weighted by atomic mass is 9.92. The van der Waals surface area contributed by atoms with Gasteiger partial charge in [-0.3, -0.25) is 9.59 Å². The van der Waals surface area contributed by atoms with E-state index in [1.165, 1.54) is 11.0 Å². The normalized spacial score (nSPS) is 11.4. The van der Waals surface area contributed by atoms with Gasteiger partial charge < -0.3 is 10.2 Å². The second-order valence-corrected chi connectivity index (χ2v) is 10.0. The smallest absolute Gasteiger partial charge is 0.255 e. The Labute approximate surface area is 210 Å². The molecular weight excluding hydrogens is 471 g/mol. The lowest BCUT2D eigenvalue weighted by Gasteiger charge is -2.23. The Balaban J connectivity index is 1.85. The van der Waals surface area contributed by atoms with Gasteiger partial charge in [0.2, 0.25) is 5.91 Å². The van der Waals surface area contributed by atoms with Crippen LogP contribution in [0.3, 0.4) is 0 Å². The number of para-hydroxylation sites is 1. The average Bonchev–Trinajstić information content (AvgIpc) is 3.21. The molecule has 6 nitrogen and oxygen atoms in total. The van der Waals surface area contributed by atoms with Gasteiger partial charge in [0.25, 0.3) is 5.91 Å². The number of halogens is 2. The quantitative estimate of drug-likeness (QED) is 0.391. The molecule has 0 atom stereocenters. The first kappa shape index (κ1) is 25.8. The van der Waals surface area contributed by atoms with Crippen molar-refractivity contribution in [3.05, 3.63) is 75.9 Å². The summed E-state index contributed by atoms with van der Waals surface area (Å²) in [7, 11) is 0. The van der Waals surface area contributed by atoms with Crippen LogP contribution in [0.1, 0.15) is 56.6 Å². The molecule has 0 aliphatic carbocycles. The van der Waals surface area contributed by atoms with E-state index in [0.717, 1.165) is 24.2 Å². The number of carbonyl (C=O) groups is 2. The molecule has 0 saturated carbocycles. The molecule has 0 spiro atoms. The largest absolute Gasteiger partial charge is 0.329 e. The molecule has 34 heavy (non-hydrogen) atoms. The number of carbonyl (C=O) groups excluding carboxylic acids is 2. The van der Waals surface area contributed by atoms with Crippen LogP contribution >= 0.6 is 23.2 Å². The fourth-order valence-electron chi connectivity index (χ4n) is 3.39. The van der Waals surface area contributed by atoms with E-state index in [9.17, 15) is 9.59 Å². The third-order valence-electron chi connectivity index (χ3n) is 5.31. The van der Waals surface area contributed by atoms with Gasteiger partial charge >= 0.3 is 0 Å². The molecule has 0 radical (unpaired) electrons. The van der Waals surface area contributed by atoms with Crippen LogP contribution in [0.2, 0.25) is 10.0 Å². The van der Waals surface area contributed by atoms with Gasteiger partial charge in [0.15, 0.2) is 0 Å². The van der Waals surface area contributed by atoms with E-state index in [1.807, 2.05) is 43.3 Å². The molecule has 0 aliphatic heterocycles. The van der Waals surface area contributed by atoms with E-state index >= 15 is 0 Å². The standard InChI is InChI=1S/C26H30Cl2N4O2/c1-5-6-14-31(25(34)20-13-12-18(27)15-21(20)28)17-24(33)29-23-16-22(26(2,3)4)30-32(23)19-10-8-7-9-11-19/h7-13,15-16H,5-6,14,17H2,1-4H3,(H,29,33). The van der Waals surface area contributed by atoms with E-state index in [1.54, 1.807) is 16.8 Å². The number of hydrogen-bond acceptors (Lipinski definition) is 3. The average molecular weight is 501 g/mol. The fourth-order valence-corrected chi connectivity index (χ4v) is 3.88. The van der Waals surface area contributed by atoms with Crippen LogP contribution in [0.15, 0.2) is 54.6 Å². The number of hydrogen-bond donors (Lipinski definition) is 1. The summed E-state index contributed by atoms with van der Waals surface area (Å²) < 4.78 is 1.72. The fraction of sp³-hybridized carbons (Fsp3) is 0.346. The summed E-state index contributed by atoms with van der Waals surface area (Å²) in [5.41, 5.74) is 1.80. The first-order valence-electron chi connectivity index (χ1n) is 11.3. The highest BCUT2D eigenvalue weighted by Gasteiger charge is 2.24. The first-order chi connectivity index (χ1) is 16.1. The minimum atomic E-state index is -0.313. The molecule has 0 saturated heterocycles. The molecule has 2 amide bonds. The predicted octanol–water partition coefficient (Wildman–Crippen LogP) is 6.36. The Hall–Kier alpha value is -2.83. The third kappa shape index (κ3) is 6.39. The summed E-state index contributed by atoms with van der Waals surface area (Å²) in [6, 6.07) is 16.2. The van der Waals surface area contributed by atoms with Crippen LogP contribution in [-0.4, -0.2) is 39.6 Å². The number of anilines is 1. The molecular formula is C26H30Cl2N4O2. The second kappa shape index (κ2) is 11.1. The van der Waals surface area contributed by atoms with Crippen molar-refractivity contribution < 1.29 is 9.59 Å². The second-order valence-electron chi connectivity index (χ2n) is 9.16. The maximum atomic E-state index is 13.2. The molecule has 2 aromatic carbocycles. The van der Waals surface area contributed by atoms with Crippen molar-refractivity contribution in [1.29, 1.82) is 0 Å². The molecule has 3 aromatic rings. The van der Waals surface area contributed by atoms with Crippen molar-refractivity contribution >= 4 is 40.8 Å². The number of rotatable bonds is 8. The van der Waals surface area contributed by atoms with Gasteiger partial charge in [0, 0.05) is 23.0 Å². The summed E-state index contributed by atoms with van der Waals surface area (Å²) in [6.07, 6.45) is 1.65. The molecule has 0 aliphatic rings. The van der Waals surface area contributed by atoms with Crippen molar-refractivity contribution in [1.82, 2.24) is 14.7 Å². The molecule has 8 heteroatoms. The molecule has 0 unspecified atom stereocenters. The Kier molecular flexibility index (Phi) is 8.39. The maximum absolute atomic E-state index is 13.2. The van der Waals surface area contributed by atoms with Crippen LogP contribution in [0.25, 0.3) is 5.69 Å². The van der Waals surface area contributed by atoms with Crippen molar-refractivity contribution in [3.8, 4) is 5.69 Å². The molecule has 180 valence electrons. The Bertz CT molecular complexity index is 1150. The Morgan fingerprint density at radius 2 is 1.76 bits per heavy atom. The summed E-state index contributed by atoms with van der Waals surface area (Å²) in [6.45, 7) is 8.56. The summed E-state index contributed by atoms with van der Waals surface area (Å²) in [5, 5.41) is 8.39. The van der Waals surface area contributed by atoms with E-state index < -0.39 is 0 Å². The van der Waals surface area contributed by atoms with Crippen LogP contribution in [0.5, 0.6) is 0 Å². The molecule has 0 fully saturated rings. The monoisotopic (exact) mass is 500 g/mol. The van der Waals surface area contributed by atoms with Gasteiger partial charge in [-0.15, -0.1) is 0 Å². The van der Waals surface area contributed by atoms with Crippen LogP contribution < -0.4 is 5.32 Å². The van der Waals surface area contributed by atoms with Gasteiger partial charge in [-0.05, 0) is 36.8 Å². The van der Waals surface area contributed by atoms with Crippen LogP contribution in [0.4, 0.5) is 5.82 Å². The lowest BCUT2D eigenvalue weighted by molar-refractivity contribution is -0.117. The molecule has 1 aromatic heterocycles. The van der Waals surface area contributed by atoms with Crippen LogP contribution in [-0.2, 0) is 10.2 Å². The minimum Gasteiger partial charge on any atom is -0.329 e. The summed E-state index contributed by atoms with van der Waals surface area (Å²) in [5.74, 6) is -0.0714. The van der Waals surface area contributed by atoms with Gasteiger partial charge in [0.1, 0.15) is 12.4 Å². The van der Waals surface area contributed by atoms with Crippen molar-refractivity contribution in [3.63, 3.8) is 0 Å². The topological polar surface area (TPSA) is 67.2 Å². The number of amides is 2. The number of benzene rings is 2. The predicted molar refractivity (Wildman–Crippen MR) is 138 cm³/mol. The first-order valence-corrected chi connectivity index (χ1v) is 12.1. The zero-order valence-corrected chi connectivity index (χ0v) is 21.5. The van der Waals surface area contributed by atoms with Gasteiger partial charge in [-0.1, -0.05) is 75.5 Å². The van der Waals surface area contributed by atoms with Crippen molar-refractivity contribution in [2.75, 3.05) is 18.4 Å². The number of nitrogens with one attached hydrogen (secondary N) is 1. The number of unbranched alkanes of at least 4 members (excludes halogenated alkanes) is 1. The molecule has 0 bridgehead atoms. The van der Waals surface area contributed by atoms with E-state index in [2.05, 4.69) is 26.1 Å². The van der Waals surface area contributed by atoms with Crippen molar-refractivity contribution in [2.45, 2.75) is 46.0 Å². The Morgan fingerprint density at radius 1 is 1.06 bits per heavy atom. The van der Waals surface area contributed by atoms with Crippen LogP contribution in [0, 0.1) is 0 Å². The highest BCUT2D eigenvalue weighted by Crippen LogP contribution is 2.27. The highest BCUT2D eigenvalue weighted by atomic mass is 35.5. The number of nitrogens with zero attached hydrogens (tertiary/aromatic N) is 3. The van der Waals surface area contributed by atoms with E-state index in [4.69, 9.17) is 28.3 Å². The zero-order chi connectivity index (χ0) is 24.9. The summed E-state index contributed by atoms with van der Waals surface area (Å²) >= 11 is 12.2. The SMILES string of the molecule is CCCCN(CC(=O)Nc1cc(C(C)(C)C)nn1-c1ccccc1)C(=O)c1ccc(Cl)cc1Cl. The highest BCUT2D eigenvalue weighted by molar-refractivity contribution is 6.36. The van der Waals surface area contributed by atoms with Gasteiger partial charge in [0.05, 0.1) is 22.0 Å².